The van der Waals surface area contributed by atoms with E-state index in [1.807, 2.05) is 18.2 Å². The Morgan fingerprint density at radius 1 is 1.00 bits per heavy atom. The van der Waals surface area contributed by atoms with Gasteiger partial charge in [0.1, 0.15) is 0 Å². The van der Waals surface area contributed by atoms with Crippen molar-refractivity contribution in [3.8, 4) is 0 Å². The molecule has 0 spiro atoms. The molecule has 0 fully saturated rings. The number of carbonyl (C=O) groups excluding carboxylic acids is 1. The molecule has 0 aromatic heterocycles. The van der Waals surface area contributed by atoms with Crippen molar-refractivity contribution in [1.82, 2.24) is 5.32 Å². The van der Waals surface area contributed by atoms with Crippen molar-refractivity contribution in [2.45, 2.75) is 25.5 Å². The lowest BCUT2D eigenvalue weighted by atomic mass is 10.1. The monoisotopic (exact) mass is 313 g/mol. The minimum Gasteiger partial charge on any atom is -0.355 e. The van der Waals surface area contributed by atoms with Crippen LogP contribution in [0.4, 0.5) is 0 Å². The van der Waals surface area contributed by atoms with E-state index in [0.717, 1.165) is 25.1 Å². The first-order chi connectivity index (χ1) is 10.7. The molecule has 116 valence electrons. The Labute approximate surface area is 137 Å². The van der Waals surface area contributed by atoms with Crippen LogP contribution in [0.25, 0.3) is 0 Å². The minimum atomic E-state index is 0.129. The molecule has 0 aliphatic rings. The molecule has 22 heavy (non-hydrogen) atoms. The lowest BCUT2D eigenvalue weighted by Crippen LogP contribution is -2.26. The van der Waals surface area contributed by atoms with Gasteiger partial charge in [-0.15, -0.1) is 11.8 Å². The number of hydrogen-bond acceptors (Lipinski definition) is 2. The van der Waals surface area contributed by atoms with Crippen LogP contribution in [-0.2, 0) is 17.0 Å². The number of thioether (sulfide) groups is 1. The van der Waals surface area contributed by atoms with Crippen molar-refractivity contribution in [3.63, 3.8) is 0 Å². The third kappa shape index (κ3) is 6.35. The van der Waals surface area contributed by atoms with Crippen LogP contribution in [0.15, 0.2) is 54.6 Å². The van der Waals surface area contributed by atoms with Crippen LogP contribution in [0.3, 0.4) is 0 Å². The first kappa shape index (κ1) is 16.6. The van der Waals surface area contributed by atoms with Gasteiger partial charge in [-0.3, -0.25) is 4.79 Å². The van der Waals surface area contributed by atoms with Gasteiger partial charge in [0, 0.05) is 12.3 Å². The number of hydrogen-bond donors (Lipinski definition) is 1. The smallest absolute Gasteiger partial charge is 0.230 e. The van der Waals surface area contributed by atoms with Crippen molar-refractivity contribution >= 4 is 17.7 Å². The standard InChI is InChI=1S/C19H23NOS/c1-16-9-11-17(12-10-16)8-5-13-20-19(21)15-22-14-18-6-3-2-4-7-18/h2-4,6-7,9-12H,5,8,13-15H2,1H3,(H,20,21). The molecule has 2 aromatic carbocycles. The molecule has 0 aliphatic heterocycles. The van der Waals surface area contributed by atoms with Gasteiger partial charge in [0.05, 0.1) is 5.75 Å². The van der Waals surface area contributed by atoms with Gasteiger partial charge < -0.3 is 5.32 Å². The summed E-state index contributed by atoms with van der Waals surface area (Å²) in [6.07, 6.45) is 2.00. The highest BCUT2D eigenvalue weighted by Crippen LogP contribution is 2.11. The molecular weight excluding hydrogens is 290 g/mol. The summed E-state index contributed by atoms with van der Waals surface area (Å²) in [5, 5.41) is 2.99. The van der Waals surface area contributed by atoms with Crippen molar-refractivity contribution in [2.75, 3.05) is 12.3 Å². The van der Waals surface area contributed by atoms with Crippen LogP contribution in [0.5, 0.6) is 0 Å². The molecule has 2 nitrogen and oxygen atoms in total. The molecule has 0 atom stereocenters. The highest BCUT2D eigenvalue weighted by Gasteiger charge is 2.01. The maximum Gasteiger partial charge on any atom is 0.230 e. The maximum absolute atomic E-state index is 11.8. The summed E-state index contributed by atoms with van der Waals surface area (Å²) in [4.78, 5) is 11.8. The molecule has 1 N–H and O–H groups in total. The SMILES string of the molecule is Cc1ccc(CCCNC(=O)CSCc2ccccc2)cc1. The van der Waals surface area contributed by atoms with Gasteiger partial charge in [-0.1, -0.05) is 60.2 Å². The average Bonchev–Trinajstić information content (AvgIpc) is 2.54. The molecular formula is C19H23NOS. The van der Waals surface area contributed by atoms with Crippen LogP contribution >= 0.6 is 11.8 Å². The third-order valence-corrected chi connectivity index (χ3v) is 4.43. The molecule has 0 aliphatic carbocycles. The number of nitrogens with one attached hydrogen (secondary N) is 1. The molecule has 2 aromatic rings. The second-order valence-electron chi connectivity index (χ2n) is 5.42. The van der Waals surface area contributed by atoms with Crippen LogP contribution in [0.1, 0.15) is 23.1 Å². The Morgan fingerprint density at radius 3 is 2.45 bits per heavy atom. The van der Waals surface area contributed by atoms with E-state index in [1.165, 1.54) is 16.7 Å². The predicted octanol–water partition coefficient (Wildman–Crippen LogP) is 3.98. The lowest BCUT2D eigenvalue weighted by Gasteiger charge is -2.06. The zero-order chi connectivity index (χ0) is 15.6. The number of amides is 1. The molecule has 0 bridgehead atoms. The second-order valence-corrected chi connectivity index (χ2v) is 6.40. The van der Waals surface area contributed by atoms with Crippen molar-refractivity contribution in [2.24, 2.45) is 0 Å². The summed E-state index contributed by atoms with van der Waals surface area (Å²) >= 11 is 1.66. The summed E-state index contributed by atoms with van der Waals surface area (Å²) in [7, 11) is 0. The second kappa shape index (κ2) is 9.31. The molecule has 0 saturated heterocycles. The van der Waals surface area contributed by atoms with Gasteiger partial charge >= 0.3 is 0 Å². The van der Waals surface area contributed by atoms with E-state index in [2.05, 4.69) is 48.6 Å². The normalized spacial score (nSPS) is 10.4. The summed E-state index contributed by atoms with van der Waals surface area (Å²) < 4.78 is 0. The number of benzene rings is 2. The van der Waals surface area contributed by atoms with Crippen molar-refractivity contribution in [1.29, 1.82) is 0 Å². The molecule has 2 rings (SSSR count). The number of rotatable bonds is 8. The van der Waals surface area contributed by atoms with E-state index in [9.17, 15) is 4.79 Å². The maximum atomic E-state index is 11.8. The van der Waals surface area contributed by atoms with Crippen LogP contribution < -0.4 is 5.32 Å². The topological polar surface area (TPSA) is 29.1 Å². The van der Waals surface area contributed by atoms with E-state index >= 15 is 0 Å². The van der Waals surface area contributed by atoms with Crippen LogP contribution in [-0.4, -0.2) is 18.2 Å². The fourth-order valence-corrected chi connectivity index (χ4v) is 2.98. The first-order valence-corrected chi connectivity index (χ1v) is 8.83. The summed E-state index contributed by atoms with van der Waals surface area (Å²) in [5.74, 6) is 1.54. The quantitative estimate of drug-likeness (QED) is 0.747. The first-order valence-electron chi connectivity index (χ1n) is 7.68. The Balaban J connectivity index is 1.55. The highest BCUT2D eigenvalue weighted by atomic mass is 32.2. The molecule has 0 saturated carbocycles. The molecule has 1 amide bonds. The fraction of sp³-hybridized carbons (Fsp3) is 0.316. The van der Waals surface area contributed by atoms with Gasteiger partial charge in [0.2, 0.25) is 5.91 Å². The van der Waals surface area contributed by atoms with E-state index < -0.39 is 0 Å². The summed E-state index contributed by atoms with van der Waals surface area (Å²) in [5.41, 5.74) is 3.88. The van der Waals surface area contributed by atoms with Crippen molar-refractivity contribution in [3.05, 3.63) is 71.3 Å². The number of carbonyl (C=O) groups is 1. The lowest BCUT2D eigenvalue weighted by molar-refractivity contribution is -0.118. The number of aryl methyl sites for hydroxylation is 2. The van der Waals surface area contributed by atoms with Crippen molar-refractivity contribution < 1.29 is 4.79 Å². The van der Waals surface area contributed by atoms with Crippen LogP contribution in [0, 0.1) is 6.92 Å². The molecule has 3 heteroatoms. The average molecular weight is 313 g/mol. The Hall–Kier alpha value is -1.74. The predicted molar refractivity (Wildman–Crippen MR) is 95.1 cm³/mol. The molecule has 0 radical (unpaired) electrons. The molecule has 0 heterocycles. The zero-order valence-electron chi connectivity index (χ0n) is 13.0. The Morgan fingerprint density at radius 2 is 1.73 bits per heavy atom. The molecule has 0 unspecified atom stereocenters. The van der Waals surface area contributed by atoms with Gasteiger partial charge in [-0.25, -0.2) is 0 Å². The van der Waals surface area contributed by atoms with E-state index in [0.29, 0.717) is 5.75 Å². The Bertz CT molecular complexity index is 566. The Kier molecular flexibility index (Phi) is 7.04. The van der Waals surface area contributed by atoms with E-state index in [4.69, 9.17) is 0 Å². The van der Waals surface area contributed by atoms with Gasteiger partial charge in [-0.05, 0) is 30.9 Å². The minimum absolute atomic E-state index is 0.129. The highest BCUT2D eigenvalue weighted by molar-refractivity contribution is 7.99. The van der Waals surface area contributed by atoms with E-state index in [1.54, 1.807) is 11.8 Å². The zero-order valence-corrected chi connectivity index (χ0v) is 13.9. The largest absolute Gasteiger partial charge is 0.355 e. The van der Waals surface area contributed by atoms with E-state index in [-0.39, 0.29) is 5.91 Å². The van der Waals surface area contributed by atoms with Gasteiger partial charge in [0.25, 0.3) is 0 Å². The third-order valence-electron chi connectivity index (χ3n) is 3.43. The van der Waals surface area contributed by atoms with Crippen LogP contribution in [0.2, 0.25) is 0 Å². The summed E-state index contributed by atoms with van der Waals surface area (Å²) in [6.45, 7) is 2.84. The fourth-order valence-electron chi connectivity index (χ4n) is 2.16. The summed E-state index contributed by atoms with van der Waals surface area (Å²) in [6, 6.07) is 18.8. The van der Waals surface area contributed by atoms with Gasteiger partial charge in [-0.2, -0.15) is 0 Å². The van der Waals surface area contributed by atoms with Gasteiger partial charge in [0.15, 0.2) is 0 Å².